The summed E-state index contributed by atoms with van der Waals surface area (Å²) in [6, 6.07) is 0.412. The molecule has 2 aliphatic heterocycles. The minimum absolute atomic E-state index is 0.0510. The van der Waals surface area contributed by atoms with E-state index in [2.05, 4.69) is 114 Å². The van der Waals surface area contributed by atoms with Crippen molar-refractivity contribution in [3.05, 3.63) is 12.2 Å². The molecule has 0 spiro atoms. The number of hydrogen-bond acceptors (Lipinski definition) is 6. The summed E-state index contributed by atoms with van der Waals surface area (Å²) in [6.45, 7) is 33.1. The lowest BCUT2D eigenvalue weighted by atomic mass is 9.82. The van der Waals surface area contributed by atoms with Crippen LogP contribution in [-0.2, 0) is 23.2 Å². The molecule has 0 aromatic carbocycles. The number of fused-ring (bicyclic) bond motifs is 1. The van der Waals surface area contributed by atoms with Crippen LogP contribution in [0.3, 0.4) is 0 Å². The zero-order valence-electron chi connectivity index (χ0n) is 34.1. The van der Waals surface area contributed by atoms with Crippen molar-refractivity contribution in [3.63, 3.8) is 0 Å². The van der Waals surface area contributed by atoms with Gasteiger partial charge in [-0.25, -0.2) is 0 Å². The molecule has 2 saturated heterocycles. The van der Waals surface area contributed by atoms with Crippen LogP contribution < -0.4 is 0 Å². The molecule has 2 fully saturated rings. The number of unbranched alkanes of at least 4 members (excludes halogenated alkanes) is 4. The van der Waals surface area contributed by atoms with E-state index in [1.165, 1.54) is 38.4 Å². The first-order valence-electron chi connectivity index (χ1n) is 20.0. The standard InChI is InChI=1S/C39H79NO5SSi2/c1-16-17-18-19-20-21-36(44-47(28(2)3,29(4)5)30(6)7)24-22-35-23-26-39(43-46(15,41)42)37-25-27-38(34(14)40(35)37)45-48(31(8)9,32(10)11)33(12)13/h22,24,28-39H,16-21,23,25-27H2,1-15H3/b24-22+/t34-,35+,36-,37+,38+,39+/m0/s1. The Morgan fingerprint density at radius 3 is 1.69 bits per heavy atom. The van der Waals surface area contributed by atoms with Gasteiger partial charge < -0.3 is 8.85 Å². The van der Waals surface area contributed by atoms with E-state index >= 15 is 0 Å². The SMILES string of the molecule is CCCCCCC[C@@H](/C=C/[C@@H]1CC[C@@H](OS(C)(=O)=O)[C@H]2CC[C@@H](O[Si](C(C)C)(C(C)C)C(C)C)[C@H](C)N12)O[Si](C(C)C)(C(C)C)C(C)C. The maximum atomic E-state index is 12.4. The topological polar surface area (TPSA) is 65.1 Å². The van der Waals surface area contributed by atoms with Gasteiger partial charge >= 0.3 is 0 Å². The van der Waals surface area contributed by atoms with Gasteiger partial charge in [-0.05, 0) is 72.3 Å². The van der Waals surface area contributed by atoms with Gasteiger partial charge in [0.15, 0.2) is 0 Å². The van der Waals surface area contributed by atoms with Gasteiger partial charge in [0.05, 0.1) is 24.6 Å². The van der Waals surface area contributed by atoms with Crippen molar-refractivity contribution in [3.8, 4) is 0 Å². The highest BCUT2D eigenvalue weighted by Crippen LogP contribution is 2.47. The fraction of sp³-hybridized carbons (Fsp3) is 0.949. The molecule has 0 unspecified atom stereocenters. The Morgan fingerprint density at radius 2 is 1.21 bits per heavy atom. The number of hydrogen-bond donors (Lipinski definition) is 0. The molecule has 6 atom stereocenters. The van der Waals surface area contributed by atoms with E-state index in [0.717, 1.165) is 32.1 Å². The van der Waals surface area contributed by atoms with Crippen molar-refractivity contribution in [2.75, 3.05) is 6.26 Å². The average molecular weight is 730 g/mol. The second kappa shape index (κ2) is 19.2. The smallest absolute Gasteiger partial charge is 0.264 e. The molecule has 2 rings (SSSR count). The Labute approximate surface area is 301 Å². The van der Waals surface area contributed by atoms with Crippen LogP contribution >= 0.6 is 0 Å². The van der Waals surface area contributed by atoms with Gasteiger partial charge in [-0.1, -0.05) is 134 Å². The van der Waals surface area contributed by atoms with Gasteiger partial charge in [-0.15, -0.1) is 0 Å². The third-order valence-corrected chi connectivity index (χ3v) is 25.1. The second-order valence-electron chi connectivity index (χ2n) is 17.4. The van der Waals surface area contributed by atoms with Crippen LogP contribution in [0.1, 0.15) is 161 Å². The summed E-state index contributed by atoms with van der Waals surface area (Å²) in [7, 11) is -7.73. The van der Waals surface area contributed by atoms with Gasteiger partial charge in [0.25, 0.3) is 10.1 Å². The van der Waals surface area contributed by atoms with Gasteiger partial charge in [0.2, 0.25) is 16.6 Å². The molecule has 6 nitrogen and oxygen atoms in total. The Balaban J connectivity index is 2.51. The van der Waals surface area contributed by atoms with Crippen molar-refractivity contribution in [2.24, 2.45) is 0 Å². The largest absolute Gasteiger partial charge is 0.412 e. The quantitative estimate of drug-likeness (QED) is 0.0538. The summed E-state index contributed by atoms with van der Waals surface area (Å²) in [5.41, 5.74) is 3.16. The van der Waals surface area contributed by atoms with Crippen LogP contribution in [-0.4, -0.2) is 72.6 Å². The minimum Gasteiger partial charge on any atom is -0.412 e. The Kier molecular flexibility index (Phi) is 17.6. The molecular weight excluding hydrogens is 651 g/mol. The summed E-state index contributed by atoms with van der Waals surface area (Å²) < 4.78 is 45.5. The molecule has 48 heavy (non-hydrogen) atoms. The lowest BCUT2D eigenvalue weighted by molar-refractivity contribution is -0.0821. The number of piperidine rings is 2. The van der Waals surface area contributed by atoms with Crippen LogP contribution in [0.4, 0.5) is 0 Å². The van der Waals surface area contributed by atoms with E-state index in [1.807, 2.05) is 0 Å². The van der Waals surface area contributed by atoms with E-state index in [4.69, 9.17) is 13.0 Å². The molecular formula is C39H79NO5SSi2. The van der Waals surface area contributed by atoms with Crippen molar-refractivity contribution < 1.29 is 21.5 Å². The van der Waals surface area contributed by atoms with E-state index in [1.54, 1.807) is 0 Å². The molecule has 284 valence electrons. The highest BCUT2D eigenvalue weighted by Gasteiger charge is 2.52. The predicted molar refractivity (Wildman–Crippen MR) is 211 cm³/mol. The van der Waals surface area contributed by atoms with Crippen LogP contribution in [0.15, 0.2) is 12.2 Å². The molecule has 0 amide bonds. The van der Waals surface area contributed by atoms with Crippen molar-refractivity contribution in [1.29, 1.82) is 0 Å². The van der Waals surface area contributed by atoms with Crippen molar-refractivity contribution >= 4 is 26.8 Å². The van der Waals surface area contributed by atoms with Crippen molar-refractivity contribution in [1.82, 2.24) is 4.90 Å². The first-order chi connectivity index (χ1) is 22.3. The van der Waals surface area contributed by atoms with E-state index in [9.17, 15) is 8.42 Å². The van der Waals surface area contributed by atoms with Gasteiger partial charge in [-0.3, -0.25) is 9.08 Å². The lowest BCUT2D eigenvalue weighted by Crippen LogP contribution is -2.65. The summed E-state index contributed by atoms with van der Waals surface area (Å²) in [5.74, 6) is 0. The summed E-state index contributed by atoms with van der Waals surface area (Å²) in [5, 5.41) is 0. The summed E-state index contributed by atoms with van der Waals surface area (Å²) in [4.78, 5) is 2.60. The highest BCUT2D eigenvalue weighted by atomic mass is 32.2. The molecule has 2 aliphatic rings. The molecule has 0 radical (unpaired) electrons. The molecule has 0 aromatic rings. The normalized spacial score (nSPS) is 25.8. The van der Waals surface area contributed by atoms with Crippen LogP contribution in [0, 0.1) is 0 Å². The van der Waals surface area contributed by atoms with Crippen LogP contribution in [0.25, 0.3) is 0 Å². The van der Waals surface area contributed by atoms with Gasteiger partial charge in [-0.2, -0.15) is 8.42 Å². The third kappa shape index (κ3) is 10.8. The molecule has 0 N–H and O–H groups in total. The lowest BCUT2D eigenvalue weighted by Gasteiger charge is -2.55. The summed E-state index contributed by atoms with van der Waals surface area (Å²) in [6.07, 6.45) is 16.8. The maximum absolute atomic E-state index is 12.4. The van der Waals surface area contributed by atoms with Crippen molar-refractivity contribution in [2.45, 2.75) is 231 Å². The average Bonchev–Trinajstić information content (AvgIpc) is 2.96. The number of rotatable bonds is 20. The minimum atomic E-state index is -3.56. The molecule has 0 aromatic heterocycles. The Bertz CT molecular complexity index is 1030. The van der Waals surface area contributed by atoms with Gasteiger partial charge in [0.1, 0.15) is 0 Å². The first-order valence-corrected chi connectivity index (χ1v) is 26.0. The third-order valence-electron chi connectivity index (χ3n) is 12.3. The van der Waals surface area contributed by atoms with E-state index in [0.29, 0.717) is 33.2 Å². The zero-order valence-corrected chi connectivity index (χ0v) is 36.9. The highest BCUT2D eigenvalue weighted by molar-refractivity contribution is 7.86. The zero-order chi connectivity index (χ0) is 36.6. The molecule has 2 heterocycles. The predicted octanol–water partition coefficient (Wildman–Crippen LogP) is 11.4. The fourth-order valence-corrected chi connectivity index (χ4v) is 22.1. The Hall–Kier alpha value is -0.0362. The Morgan fingerprint density at radius 1 is 0.708 bits per heavy atom. The summed E-state index contributed by atoms with van der Waals surface area (Å²) >= 11 is 0. The van der Waals surface area contributed by atoms with Crippen LogP contribution in [0.2, 0.25) is 33.2 Å². The molecule has 9 heteroatoms. The molecule has 0 aliphatic carbocycles. The first kappa shape index (κ1) is 44.1. The number of nitrogens with zero attached hydrogens (tertiary/aromatic N) is 1. The molecule has 0 saturated carbocycles. The molecule has 0 bridgehead atoms. The monoisotopic (exact) mass is 730 g/mol. The van der Waals surface area contributed by atoms with E-state index < -0.39 is 26.8 Å². The maximum Gasteiger partial charge on any atom is 0.264 e. The fourth-order valence-electron chi connectivity index (χ4n) is 10.2. The van der Waals surface area contributed by atoms with Gasteiger partial charge in [0, 0.05) is 18.1 Å². The van der Waals surface area contributed by atoms with E-state index in [-0.39, 0.29) is 36.4 Å². The van der Waals surface area contributed by atoms with Crippen LogP contribution in [0.5, 0.6) is 0 Å². The second-order valence-corrected chi connectivity index (χ2v) is 29.8.